The fourth-order valence-electron chi connectivity index (χ4n) is 3.44. The summed E-state index contributed by atoms with van der Waals surface area (Å²) < 4.78 is 55.7. The zero-order chi connectivity index (χ0) is 25.2. The van der Waals surface area contributed by atoms with Crippen LogP contribution in [0.1, 0.15) is 21.7 Å². The maximum Gasteiger partial charge on any atom is 0.435 e. The second-order valence-corrected chi connectivity index (χ2v) is 8.18. The first kappa shape index (κ1) is 24.0. The molecule has 0 atom stereocenters. The van der Waals surface area contributed by atoms with Crippen LogP contribution in [-0.2, 0) is 6.18 Å². The van der Waals surface area contributed by atoms with Crippen LogP contribution in [0.3, 0.4) is 0 Å². The number of hydrogen-bond acceptors (Lipinski definition) is 4. The molecule has 0 fully saturated rings. The second-order valence-electron chi connectivity index (χ2n) is 7.34. The first-order chi connectivity index (χ1) is 16.7. The summed E-state index contributed by atoms with van der Waals surface area (Å²) in [5, 5.41) is 14.9. The van der Waals surface area contributed by atoms with Gasteiger partial charge in [0.05, 0.1) is 23.0 Å². The molecule has 176 valence electrons. The van der Waals surface area contributed by atoms with Gasteiger partial charge in [0.1, 0.15) is 11.5 Å². The minimum absolute atomic E-state index is 0.0780. The Labute approximate surface area is 202 Å². The molecule has 0 radical (unpaired) electrons. The summed E-state index contributed by atoms with van der Waals surface area (Å²) in [6, 6.07) is 19.7. The highest BCUT2D eigenvalue weighted by molar-refractivity contribution is 7.98. The van der Waals surface area contributed by atoms with Gasteiger partial charge in [-0.15, -0.1) is 11.8 Å². The van der Waals surface area contributed by atoms with Crippen LogP contribution < -0.4 is 5.32 Å². The van der Waals surface area contributed by atoms with Gasteiger partial charge in [0.15, 0.2) is 5.69 Å². The molecule has 0 saturated carbocycles. The van der Waals surface area contributed by atoms with Crippen LogP contribution in [0.4, 0.5) is 23.2 Å². The van der Waals surface area contributed by atoms with Crippen molar-refractivity contribution >= 4 is 23.4 Å². The first-order valence-electron chi connectivity index (χ1n) is 10.1. The summed E-state index contributed by atoms with van der Waals surface area (Å²) in [6.45, 7) is 0. The van der Waals surface area contributed by atoms with Crippen LogP contribution in [0.15, 0.2) is 77.7 Å². The number of benzene rings is 3. The molecule has 35 heavy (non-hydrogen) atoms. The van der Waals surface area contributed by atoms with E-state index in [0.717, 1.165) is 15.1 Å². The van der Waals surface area contributed by atoms with Crippen molar-refractivity contribution in [3.8, 4) is 22.9 Å². The molecule has 0 aliphatic carbocycles. The number of aromatic nitrogens is 2. The number of nitrogens with zero attached hydrogens (tertiary/aromatic N) is 3. The molecule has 3 aromatic carbocycles. The number of halogens is 4. The van der Waals surface area contributed by atoms with E-state index in [1.807, 2.05) is 36.6 Å². The Balaban J connectivity index is 1.69. The standard InChI is InChI=1S/C25H16F4N4OS/c1-35-22-8-3-2-7-18(22)16-9-10-20(19(26)12-16)31-24(34)21-13-23(25(27,28)29)32-33(21)17-6-4-5-15(11-17)14-30/h2-13H,1H3,(H,31,34). The van der Waals surface area contributed by atoms with Crippen LogP contribution in [0.5, 0.6) is 0 Å². The van der Waals surface area contributed by atoms with Crippen LogP contribution in [-0.4, -0.2) is 21.9 Å². The minimum atomic E-state index is -4.81. The van der Waals surface area contributed by atoms with Crippen molar-refractivity contribution in [2.45, 2.75) is 11.1 Å². The lowest BCUT2D eigenvalue weighted by Crippen LogP contribution is -2.17. The third-order valence-corrected chi connectivity index (χ3v) is 5.88. The number of carbonyl (C=O) groups excluding carboxylic acids is 1. The molecule has 0 bridgehead atoms. The number of anilines is 1. The summed E-state index contributed by atoms with van der Waals surface area (Å²) >= 11 is 1.50. The van der Waals surface area contributed by atoms with Crippen molar-refractivity contribution in [2.75, 3.05) is 11.6 Å². The van der Waals surface area contributed by atoms with Crippen molar-refractivity contribution in [2.24, 2.45) is 0 Å². The molecule has 1 heterocycles. The molecular formula is C25H16F4N4OS. The van der Waals surface area contributed by atoms with Crippen molar-refractivity contribution in [3.05, 3.63) is 95.6 Å². The average Bonchev–Trinajstić information content (AvgIpc) is 3.32. The van der Waals surface area contributed by atoms with Gasteiger partial charge in [0.25, 0.3) is 5.91 Å². The van der Waals surface area contributed by atoms with Gasteiger partial charge in [0.2, 0.25) is 0 Å². The molecule has 5 nitrogen and oxygen atoms in total. The van der Waals surface area contributed by atoms with E-state index in [2.05, 4.69) is 10.4 Å². The third-order valence-electron chi connectivity index (χ3n) is 5.09. The van der Waals surface area contributed by atoms with Crippen LogP contribution in [0.25, 0.3) is 16.8 Å². The lowest BCUT2D eigenvalue weighted by atomic mass is 10.0. The van der Waals surface area contributed by atoms with Crippen molar-refractivity contribution in [1.82, 2.24) is 9.78 Å². The first-order valence-corrected chi connectivity index (χ1v) is 11.4. The molecule has 0 spiro atoms. The smallest absolute Gasteiger partial charge is 0.318 e. The highest BCUT2D eigenvalue weighted by Gasteiger charge is 2.36. The molecule has 4 rings (SSSR count). The number of carbonyl (C=O) groups is 1. The van der Waals surface area contributed by atoms with E-state index in [9.17, 15) is 22.4 Å². The summed E-state index contributed by atoms with van der Waals surface area (Å²) in [4.78, 5) is 13.9. The Morgan fingerprint density at radius 1 is 1.06 bits per heavy atom. The van der Waals surface area contributed by atoms with Crippen molar-refractivity contribution in [1.29, 1.82) is 5.26 Å². The average molecular weight is 496 g/mol. The predicted molar refractivity (Wildman–Crippen MR) is 125 cm³/mol. The van der Waals surface area contributed by atoms with Crippen LogP contribution in [0.2, 0.25) is 0 Å². The normalized spacial score (nSPS) is 11.2. The molecule has 0 saturated heterocycles. The topological polar surface area (TPSA) is 70.7 Å². The quantitative estimate of drug-likeness (QED) is 0.252. The third kappa shape index (κ3) is 5.05. The number of rotatable bonds is 5. The highest BCUT2D eigenvalue weighted by Crippen LogP contribution is 2.33. The number of nitriles is 1. The molecule has 1 aromatic heterocycles. The van der Waals surface area contributed by atoms with Crippen LogP contribution >= 0.6 is 11.8 Å². The van der Waals surface area contributed by atoms with Gasteiger partial charge < -0.3 is 5.32 Å². The SMILES string of the molecule is CSc1ccccc1-c1ccc(NC(=O)c2cc(C(F)(F)F)nn2-c2cccc(C#N)c2)c(F)c1. The lowest BCUT2D eigenvalue weighted by Gasteiger charge is -2.11. The maximum absolute atomic E-state index is 14.9. The lowest BCUT2D eigenvalue weighted by molar-refractivity contribution is -0.141. The molecule has 1 N–H and O–H groups in total. The van der Waals surface area contributed by atoms with Crippen molar-refractivity contribution < 1.29 is 22.4 Å². The number of alkyl halides is 3. The Morgan fingerprint density at radius 3 is 2.51 bits per heavy atom. The predicted octanol–water partition coefficient (Wildman–Crippen LogP) is 6.54. The maximum atomic E-state index is 14.9. The van der Waals surface area contributed by atoms with Gasteiger partial charge in [-0.05, 0) is 53.8 Å². The molecule has 4 aromatic rings. The van der Waals surface area contributed by atoms with Gasteiger partial charge in [-0.2, -0.15) is 23.5 Å². The van der Waals surface area contributed by atoms with E-state index < -0.39 is 29.3 Å². The van der Waals surface area contributed by atoms with Crippen LogP contribution in [0, 0.1) is 17.1 Å². The molecule has 1 amide bonds. The fourth-order valence-corrected chi connectivity index (χ4v) is 4.06. The monoisotopic (exact) mass is 496 g/mol. The highest BCUT2D eigenvalue weighted by atomic mass is 32.2. The van der Waals surface area contributed by atoms with E-state index in [4.69, 9.17) is 5.26 Å². The molecular weight excluding hydrogens is 480 g/mol. The Kier molecular flexibility index (Phi) is 6.62. The van der Waals surface area contributed by atoms with Gasteiger partial charge in [-0.25, -0.2) is 9.07 Å². The summed E-state index contributed by atoms with van der Waals surface area (Å²) in [6.07, 6.45) is -2.92. The number of nitrogens with one attached hydrogen (secondary N) is 1. The molecule has 10 heteroatoms. The summed E-state index contributed by atoms with van der Waals surface area (Å²) in [5.74, 6) is -1.74. The van der Waals surface area contributed by atoms with E-state index >= 15 is 0 Å². The number of thioether (sulfide) groups is 1. The summed E-state index contributed by atoms with van der Waals surface area (Å²) in [5.41, 5.74) is -0.324. The zero-order valence-electron chi connectivity index (χ0n) is 18.1. The van der Waals surface area contributed by atoms with Crippen molar-refractivity contribution in [3.63, 3.8) is 0 Å². The number of hydrogen-bond donors (Lipinski definition) is 1. The Morgan fingerprint density at radius 2 is 1.83 bits per heavy atom. The van der Waals surface area contributed by atoms with Gasteiger partial charge in [0, 0.05) is 11.0 Å². The van der Waals surface area contributed by atoms with Gasteiger partial charge in [-0.3, -0.25) is 4.79 Å². The van der Waals surface area contributed by atoms with E-state index in [-0.39, 0.29) is 16.9 Å². The van der Waals surface area contributed by atoms with Gasteiger partial charge >= 0.3 is 6.18 Å². The Bertz CT molecular complexity index is 1460. The summed E-state index contributed by atoms with van der Waals surface area (Å²) in [7, 11) is 0. The van der Waals surface area contributed by atoms with E-state index in [0.29, 0.717) is 11.6 Å². The molecule has 0 aliphatic rings. The van der Waals surface area contributed by atoms with E-state index in [1.165, 1.54) is 48.2 Å². The Hall–Kier alpha value is -4.10. The van der Waals surface area contributed by atoms with E-state index in [1.54, 1.807) is 6.07 Å². The molecule has 0 unspecified atom stereocenters. The fraction of sp³-hybridized carbons (Fsp3) is 0.0800. The second kappa shape index (κ2) is 9.64. The molecule has 0 aliphatic heterocycles. The largest absolute Gasteiger partial charge is 0.435 e. The van der Waals surface area contributed by atoms with Gasteiger partial charge in [-0.1, -0.05) is 30.3 Å². The number of amides is 1. The minimum Gasteiger partial charge on any atom is -0.318 e. The zero-order valence-corrected chi connectivity index (χ0v) is 18.9.